The van der Waals surface area contributed by atoms with E-state index in [1.165, 1.54) is 24.5 Å². The van der Waals surface area contributed by atoms with Crippen molar-refractivity contribution >= 4 is 46.2 Å². The van der Waals surface area contributed by atoms with Crippen LogP contribution in [0.4, 0.5) is 20.2 Å². The van der Waals surface area contributed by atoms with Crippen LogP contribution in [-0.2, 0) is 0 Å². The molecule has 0 aliphatic carbocycles. The van der Waals surface area contributed by atoms with Gasteiger partial charge in [0, 0.05) is 29.8 Å². The van der Waals surface area contributed by atoms with E-state index in [-0.39, 0.29) is 78.2 Å². The molecule has 0 saturated heterocycles. The average molecular weight is 626 g/mol. The fraction of sp³-hybridized carbons (Fsp3) is 0.154. The second-order valence-electron chi connectivity index (χ2n) is 8.19. The molecule has 0 aliphatic rings. The van der Waals surface area contributed by atoms with E-state index in [1.54, 1.807) is 69.3 Å². The number of nitrogens with zero attached hydrogens (tertiary/aromatic N) is 2. The fourth-order valence-corrected chi connectivity index (χ4v) is 2.52. The number of phenols is 1. The summed E-state index contributed by atoms with van der Waals surface area (Å²) in [6.07, 6.45) is 2.71. The van der Waals surface area contributed by atoms with Crippen LogP contribution in [0.5, 0.6) is 17.2 Å². The van der Waals surface area contributed by atoms with Crippen molar-refractivity contribution in [3.05, 3.63) is 100 Å². The molecule has 5 N–H and O–H groups in total. The smallest absolute Gasteiger partial charge is 0.850 e. The zero-order valence-electron chi connectivity index (χ0n) is 21.6. The first-order valence-corrected chi connectivity index (χ1v) is 11.8. The number of ether oxygens (including phenoxy) is 1. The standard InChI is InChI=1S/C11H8ClFN2O.C6H7NO.C5H2Cl2FN.C4H9O.K/c12-11-10(13)9(5-6-15-11)16-8-3-1-7(14)2-4-8;7-5-1-3-6(8)4-2-5;6-3-1-2-9-5(7)4(3)8;1-4(2,3)5;/h1-6H,14H2;1-4,8H,7H2;1-2H;1-3H3;/q;;;-1;+1. The van der Waals surface area contributed by atoms with Crippen molar-refractivity contribution in [2.75, 3.05) is 11.5 Å². The van der Waals surface area contributed by atoms with Gasteiger partial charge in [0.25, 0.3) is 0 Å². The van der Waals surface area contributed by atoms with Gasteiger partial charge in [0.1, 0.15) is 11.5 Å². The van der Waals surface area contributed by atoms with Gasteiger partial charge >= 0.3 is 51.4 Å². The Morgan fingerprint density at radius 3 is 1.59 bits per heavy atom. The average Bonchev–Trinajstić information content (AvgIpc) is 2.83. The number of hydrogen-bond acceptors (Lipinski definition) is 7. The molecule has 0 unspecified atom stereocenters. The summed E-state index contributed by atoms with van der Waals surface area (Å²) in [7, 11) is 0. The van der Waals surface area contributed by atoms with Crippen LogP contribution in [0.2, 0.25) is 15.3 Å². The molecule has 204 valence electrons. The molecule has 2 aromatic heterocycles. The monoisotopic (exact) mass is 624 g/mol. The van der Waals surface area contributed by atoms with E-state index in [2.05, 4.69) is 9.97 Å². The molecule has 0 spiro atoms. The largest absolute Gasteiger partial charge is 1.00 e. The molecular formula is C26H26Cl3F2KN4O3. The van der Waals surface area contributed by atoms with Crippen molar-refractivity contribution in [2.24, 2.45) is 0 Å². The minimum absolute atomic E-state index is 0. The van der Waals surface area contributed by atoms with Gasteiger partial charge in [0.15, 0.2) is 21.9 Å². The molecule has 0 atom stereocenters. The molecule has 0 bridgehead atoms. The Morgan fingerprint density at radius 1 is 0.769 bits per heavy atom. The van der Waals surface area contributed by atoms with Gasteiger partial charge in [-0.1, -0.05) is 55.6 Å². The van der Waals surface area contributed by atoms with Crippen molar-refractivity contribution in [1.29, 1.82) is 0 Å². The molecule has 13 heteroatoms. The van der Waals surface area contributed by atoms with Crippen molar-refractivity contribution in [3.63, 3.8) is 0 Å². The maximum absolute atomic E-state index is 13.4. The van der Waals surface area contributed by atoms with Crippen LogP contribution in [0.1, 0.15) is 20.8 Å². The molecular weight excluding hydrogens is 600 g/mol. The van der Waals surface area contributed by atoms with E-state index in [1.807, 2.05) is 0 Å². The summed E-state index contributed by atoms with van der Waals surface area (Å²) in [6.45, 7) is 4.90. The second kappa shape index (κ2) is 18.6. The van der Waals surface area contributed by atoms with Crippen molar-refractivity contribution in [3.8, 4) is 17.2 Å². The zero-order valence-corrected chi connectivity index (χ0v) is 27.0. The number of hydrogen-bond donors (Lipinski definition) is 3. The van der Waals surface area contributed by atoms with E-state index in [0.717, 1.165) is 0 Å². The Balaban J connectivity index is 0.000000538. The van der Waals surface area contributed by atoms with Crippen LogP contribution in [-0.4, -0.2) is 20.7 Å². The van der Waals surface area contributed by atoms with Crippen LogP contribution in [0, 0.1) is 11.6 Å². The van der Waals surface area contributed by atoms with Crippen LogP contribution in [0.3, 0.4) is 0 Å². The molecule has 0 saturated carbocycles. The quantitative estimate of drug-likeness (QED) is 0.133. The summed E-state index contributed by atoms with van der Waals surface area (Å²) < 4.78 is 31.1. The predicted octanol–water partition coefficient (Wildman–Crippen LogP) is 3.90. The molecule has 4 aromatic rings. The number of anilines is 2. The van der Waals surface area contributed by atoms with E-state index in [9.17, 15) is 13.9 Å². The molecule has 2 aromatic carbocycles. The zero-order chi connectivity index (χ0) is 28.9. The number of nitrogen functional groups attached to an aromatic ring is 2. The summed E-state index contributed by atoms with van der Waals surface area (Å²) in [5.74, 6) is -0.582. The summed E-state index contributed by atoms with van der Waals surface area (Å²) in [6, 6.07) is 15.7. The number of benzene rings is 2. The van der Waals surface area contributed by atoms with E-state index in [0.29, 0.717) is 17.1 Å². The molecule has 39 heavy (non-hydrogen) atoms. The summed E-state index contributed by atoms with van der Waals surface area (Å²) in [5.41, 5.74) is 11.4. The molecule has 4 rings (SSSR count). The first-order valence-electron chi connectivity index (χ1n) is 10.7. The Kier molecular flexibility index (Phi) is 17.8. The van der Waals surface area contributed by atoms with E-state index < -0.39 is 17.2 Å². The summed E-state index contributed by atoms with van der Waals surface area (Å²) >= 11 is 16.1. The summed E-state index contributed by atoms with van der Waals surface area (Å²) in [5, 5.41) is 18.4. The molecule has 0 aliphatic heterocycles. The first-order chi connectivity index (χ1) is 17.7. The minimum atomic E-state index is -0.750. The third-order valence-corrected chi connectivity index (χ3v) is 4.43. The number of rotatable bonds is 2. The number of halogens is 5. The van der Waals surface area contributed by atoms with Gasteiger partial charge in [-0.15, -0.1) is 5.60 Å². The Morgan fingerprint density at radius 2 is 1.18 bits per heavy atom. The van der Waals surface area contributed by atoms with Gasteiger partial charge in [0.05, 0.1) is 5.02 Å². The summed E-state index contributed by atoms with van der Waals surface area (Å²) in [4.78, 5) is 7.03. The number of aromatic hydroxyl groups is 1. The maximum Gasteiger partial charge on any atom is 1.00 e. The van der Waals surface area contributed by atoms with E-state index >= 15 is 0 Å². The van der Waals surface area contributed by atoms with Gasteiger partial charge in [-0.2, -0.15) is 4.39 Å². The number of phenolic OH excluding ortho intramolecular Hbond substituents is 1. The SMILES string of the molecule is CC(C)(C)[O-].Fc1c(Cl)ccnc1Cl.Nc1ccc(O)cc1.Nc1ccc(Oc2ccnc(Cl)c2F)cc1.[K+]. The third kappa shape index (κ3) is 16.9. The van der Waals surface area contributed by atoms with Crippen LogP contribution in [0.25, 0.3) is 0 Å². The Labute approximate surface area is 283 Å². The predicted molar refractivity (Wildman–Crippen MR) is 147 cm³/mol. The topological polar surface area (TPSA) is 130 Å². The van der Waals surface area contributed by atoms with Gasteiger partial charge in [-0.25, -0.2) is 14.4 Å². The maximum atomic E-state index is 13.4. The van der Waals surface area contributed by atoms with Crippen LogP contribution in [0.15, 0.2) is 73.1 Å². The molecule has 0 amide bonds. The fourth-order valence-electron chi connectivity index (χ4n) is 2.01. The molecule has 0 fully saturated rings. The van der Waals surface area contributed by atoms with E-state index in [4.69, 9.17) is 56.1 Å². The van der Waals surface area contributed by atoms with Gasteiger partial charge in [-0.05, 0) is 54.6 Å². The second-order valence-corrected chi connectivity index (χ2v) is 9.31. The molecule has 2 heterocycles. The Hall–Kier alpha value is -1.73. The van der Waals surface area contributed by atoms with Gasteiger partial charge < -0.3 is 26.4 Å². The normalized spacial score (nSPS) is 9.77. The molecule has 0 radical (unpaired) electrons. The van der Waals surface area contributed by atoms with Crippen LogP contribution < -0.4 is 72.7 Å². The van der Waals surface area contributed by atoms with Crippen molar-refractivity contribution in [1.82, 2.24) is 9.97 Å². The van der Waals surface area contributed by atoms with Crippen LogP contribution >= 0.6 is 34.8 Å². The number of pyridine rings is 2. The number of aromatic nitrogens is 2. The van der Waals surface area contributed by atoms with Crippen molar-refractivity contribution in [2.45, 2.75) is 26.4 Å². The minimum Gasteiger partial charge on any atom is -0.850 e. The van der Waals surface area contributed by atoms with Gasteiger partial charge in [-0.3, -0.25) is 0 Å². The van der Waals surface area contributed by atoms with Gasteiger partial charge in [0.2, 0.25) is 5.82 Å². The van der Waals surface area contributed by atoms with Crippen molar-refractivity contribution < 1.29 is 75.1 Å². The number of nitrogens with two attached hydrogens (primary N) is 2. The Bertz CT molecular complexity index is 1230. The first kappa shape index (κ1) is 37.3. The molecule has 7 nitrogen and oxygen atoms in total. The third-order valence-electron chi connectivity index (χ3n) is 3.61.